The molecule has 0 aromatic heterocycles. The molecule has 388 valence electrons. The first-order chi connectivity index (χ1) is 32.5. The number of esters is 1. The van der Waals surface area contributed by atoms with Crippen molar-refractivity contribution in [3.8, 4) is 0 Å². The van der Waals surface area contributed by atoms with E-state index in [9.17, 15) is 19.8 Å². The summed E-state index contributed by atoms with van der Waals surface area (Å²) in [6.45, 7) is 4.86. The Morgan fingerprint density at radius 3 is 1.09 bits per heavy atom. The molecule has 3 N–H and O–H groups in total. The lowest BCUT2D eigenvalue weighted by Gasteiger charge is -2.19. The smallest absolute Gasteiger partial charge is 0.305 e. The first-order valence-corrected chi connectivity index (χ1v) is 29.3. The van der Waals surface area contributed by atoms with Crippen LogP contribution in [0.25, 0.3) is 0 Å². The summed E-state index contributed by atoms with van der Waals surface area (Å²) in [5.74, 6) is -0.118. The molecule has 0 rings (SSSR count). The third kappa shape index (κ3) is 51.5. The highest BCUT2D eigenvalue weighted by atomic mass is 16.5. The highest BCUT2D eigenvalue weighted by Crippen LogP contribution is 2.16. The molecule has 2 atom stereocenters. The van der Waals surface area contributed by atoms with E-state index in [1.54, 1.807) is 6.08 Å². The van der Waals surface area contributed by atoms with Gasteiger partial charge in [0.05, 0.1) is 25.4 Å². The zero-order valence-electron chi connectivity index (χ0n) is 44.2. The molecule has 0 aromatic rings. The number of allylic oxidation sites excluding steroid dienone is 5. The normalized spacial score (nSPS) is 12.8. The van der Waals surface area contributed by atoms with Crippen LogP contribution in [0.15, 0.2) is 36.5 Å². The molecule has 0 bridgehead atoms. The van der Waals surface area contributed by atoms with Crippen LogP contribution >= 0.6 is 0 Å². The van der Waals surface area contributed by atoms with Crippen molar-refractivity contribution in [2.45, 2.75) is 321 Å². The predicted molar refractivity (Wildman–Crippen MR) is 287 cm³/mol. The molecule has 2 unspecified atom stereocenters. The lowest BCUT2D eigenvalue weighted by atomic mass is 10.0. The highest BCUT2D eigenvalue weighted by molar-refractivity contribution is 5.76. The standard InChI is InChI=1S/C60H113NO5/c1-3-5-7-9-11-13-15-17-19-20-21-22-23-24-26-28-32-36-40-44-48-52-58(63)57(56-62)61-59(64)53-49-45-41-37-33-29-27-31-35-39-43-47-51-55-66-60(65)54-50-46-42-38-34-30-25-18-16-14-12-10-8-6-4-2/h18,25,29,33,48,52,57-58,62-63H,3-17,19-24,26-28,30-32,34-47,49-51,53-56H2,1-2H3,(H,61,64)/b25-18-,33-29-,52-48+. The number of hydrogen-bond donors (Lipinski definition) is 3. The summed E-state index contributed by atoms with van der Waals surface area (Å²) in [4.78, 5) is 24.5. The van der Waals surface area contributed by atoms with Crippen LogP contribution in [-0.4, -0.2) is 47.4 Å². The van der Waals surface area contributed by atoms with Gasteiger partial charge < -0.3 is 20.3 Å². The fourth-order valence-corrected chi connectivity index (χ4v) is 8.86. The molecule has 0 fully saturated rings. The number of unbranched alkanes of at least 4 members (excludes halogenated alkanes) is 39. The van der Waals surface area contributed by atoms with Crippen molar-refractivity contribution in [2.24, 2.45) is 0 Å². The van der Waals surface area contributed by atoms with Crippen molar-refractivity contribution in [2.75, 3.05) is 13.2 Å². The molecule has 0 aromatic carbocycles. The maximum Gasteiger partial charge on any atom is 0.305 e. The van der Waals surface area contributed by atoms with E-state index in [0.29, 0.717) is 19.4 Å². The molecule has 1 amide bonds. The maximum atomic E-state index is 12.5. The Balaban J connectivity index is 3.53. The summed E-state index contributed by atoms with van der Waals surface area (Å²) in [6, 6.07) is -0.650. The number of nitrogens with one attached hydrogen (secondary N) is 1. The first-order valence-electron chi connectivity index (χ1n) is 29.3. The fraction of sp³-hybridized carbons (Fsp3) is 0.867. The minimum Gasteiger partial charge on any atom is -0.466 e. The van der Waals surface area contributed by atoms with Gasteiger partial charge in [-0.2, -0.15) is 0 Å². The lowest BCUT2D eigenvalue weighted by Crippen LogP contribution is -2.45. The summed E-state index contributed by atoms with van der Waals surface area (Å²) in [7, 11) is 0. The van der Waals surface area contributed by atoms with Gasteiger partial charge in [-0.05, 0) is 83.5 Å². The third-order valence-electron chi connectivity index (χ3n) is 13.4. The van der Waals surface area contributed by atoms with E-state index >= 15 is 0 Å². The van der Waals surface area contributed by atoms with Crippen LogP contribution in [0, 0.1) is 0 Å². The van der Waals surface area contributed by atoms with E-state index in [1.165, 1.54) is 212 Å². The van der Waals surface area contributed by atoms with Gasteiger partial charge in [0, 0.05) is 12.8 Å². The molecule has 0 spiro atoms. The molecule has 6 nitrogen and oxygen atoms in total. The van der Waals surface area contributed by atoms with Gasteiger partial charge in [-0.15, -0.1) is 0 Å². The van der Waals surface area contributed by atoms with E-state index in [-0.39, 0.29) is 18.5 Å². The number of hydrogen-bond acceptors (Lipinski definition) is 5. The summed E-state index contributed by atoms with van der Waals surface area (Å²) in [6.07, 6.45) is 68.8. The maximum absolute atomic E-state index is 12.5. The minimum absolute atomic E-state index is 0.0218. The van der Waals surface area contributed by atoms with Gasteiger partial charge in [-0.3, -0.25) is 9.59 Å². The van der Waals surface area contributed by atoms with Gasteiger partial charge in [0.25, 0.3) is 0 Å². The van der Waals surface area contributed by atoms with E-state index < -0.39 is 12.1 Å². The molecule has 0 aliphatic carbocycles. The van der Waals surface area contributed by atoms with Crippen LogP contribution in [0.5, 0.6) is 0 Å². The van der Waals surface area contributed by atoms with Crippen molar-refractivity contribution < 1.29 is 24.5 Å². The van der Waals surface area contributed by atoms with Crippen LogP contribution in [0.1, 0.15) is 309 Å². The molecule has 0 saturated heterocycles. The fourth-order valence-electron chi connectivity index (χ4n) is 8.86. The second kappa shape index (κ2) is 55.7. The van der Waals surface area contributed by atoms with E-state index in [2.05, 4.69) is 43.5 Å². The van der Waals surface area contributed by atoms with Crippen molar-refractivity contribution in [3.63, 3.8) is 0 Å². The quantitative estimate of drug-likeness (QED) is 0.0321. The van der Waals surface area contributed by atoms with Crippen LogP contribution in [-0.2, 0) is 14.3 Å². The van der Waals surface area contributed by atoms with Crippen LogP contribution in [0.4, 0.5) is 0 Å². The summed E-state index contributed by atoms with van der Waals surface area (Å²) in [5, 5.41) is 23.1. The molecule has 0 aliphatic heterocycles. The molecule has 0 radical (unpaired) electrons. The Bertz CT molecular complexity index is 1070. The molecular weight excluding hydrogens is 815 g/mol. The lowest BCUT2D eigenvalue weighted by molar-refractivity contribution is -0.143. The second-order valence-corrected chi connectivity index (χ2v) is 20.0. The van der Waals surface area contributed by atoms with Gasteiger partial charge >= 0.3 is 5.97 Å². The topological polar surface area (TPSA) is 95.9 Å². The van der Waals surface area contributed by atoms with E-state index in [0.717, 1.165) is 70.6 Å². The van der Waals surface area contributed by atoms with Gasteiger partial charge in [-0.1, -0.05) is 249 Å². The van der Waals surface area contributed by atoms with Crippen molar-refractivity contribution >= 4 is 11.9 Å². The Morgan fingerprint density at radius 1 is 0.409 bits per heavy atom. The zero-order chi connectivity index (χ0) is 47.9. The van der Waals surface area contributed by atoms with Gasteiger partial charge in [0.2, 0.25) is 5.91 Å². The SMILES string of the molecule is CCCCCCCC/C=C\CCCCCCCC(=O)OCCCCCCCC/C=C\CCCCCC(=O)NC(CO)C(O)/C=C/CCCCCCCCCCCCCCCCCCCCC. The molecule has 0 heterocycles. The molecule has 66 heavy (non-hydrogen) atoms. The first kappa shape index (κ1) is 64.1. The predicted octanol–water partition coefficient (Wildman–Crippen LogP) is 18.0. The van der Waals surface area contributed by atoms with E-state index in [1.807, 2.05) is 6.08 Å². The van der Waals surface area contributed by atoms with Gasteiger partial charge in [0.15, 0.2) is 0 Å². The number of carbonyl (C=O) groups is 2. The van der Waals surface area contributed by atoms with Crippen molar-refractivity contribution in [3.05, 3.63) is 36.5 Å². The Hall–Kier alpha value is -1.92. The van der Waals surface area contributed by atoms with Crippen molar-refractivity contribution in [1.29, 1.82) is 0 Å². The monoisotopic (exact) mass is 928 g/mol. The number of aliphatic hydroxyl groups excluding tert-OH is 2. The zero-order valence-corrected chi connectivity index (χ0v) is 44.2. The molecule has 6 heteroatoms. The minimum atomic E-state index is -0.863. The van der Waals surface area contributed by atoms with Gasteiger partial charge in [0.1, 0.15) is 0 Å². The van der Waals surface area contributed by atoms with Crippen LogP contribution < -0.4 is 5.32 Å². The highest BCUT2D eigenvalue weighted by Gasteiger charge is 2.18. The van der Waals surface area contributed by atoms with Gasteiger partial charge in [-0.25, -0.2) is 0 Å². The Labute approximate surface area is 411 Å². The second-order valence-electron chi connectivity index (χ2n) is 20.0. The van der Waals surface area contributed by atoms with Crippen LogP contribution in [0.2, 0.25) is 0 Å². The summed E-state index contributed by atoms with van der Waals surface area (Å²) in [5.41, 5.74) is 0. The average Bonchev–Trinajstić information content (AvgIpc) is 3.32. The van der Waals surface area contributed by atoms with E-state index in [4.69, 9.17) is 4.74 Å². The third-order valence-corrected chi connectivity index (χ3v) is 13.4. The molecular formula is C60H113NO5. The molecule has 0 saturated carbocycles. The summed E-state index contributed by atoms with van der Waals surface area (Å²) < 4.78 is 5.46. The Kier molecular flexibility index (Phi) is 54.1. The number of amides is 1. The average molecular weight is 929 g/mol. The summed E-state index contributed by atoms with van der Waals surface area (Å²) >= 11 is 0. The largest absolute Gasteiger partial charge is 0.466 e. The number of aliphatic hydroxyl groups is 2. The number of ether oxygens (including phenoxy) is 1. The van der Waals surface area contributed by atoms with Crippen molar-refractivity contribution in [1.82, 2.24) is 5.32 Å². The number of rotatable bonds is 54. The number of carbonyl (C=O) groups excluding carboxylic acids is 2. The van der Waals surface area contributed by atoms with Crippen LogP contribution in [0.3, 0.4) is 0 Å². The molecule has 0 aliphatic rings. The Morgan fingerprint density at radius 2 is 0.712 bits per heavy atom.